The van der Waals surface area contributed by atoms with Crippen LogP contribution in [0.5, 0.6) is 11.5 Å². The number of benzene rings is 2. The van der Waals surface area contributed by atoms with Crippen molar-refractivity contribution in [1.82, 2.24) is 0 Å². The van der Waals surface area contributed by atoms with Gasteiger partial charge in [-0.1, -0.05) is 39.0 Å². The zero-order valence-corrected chi connectivity index (χ0v) is 15.2. The van der Waals surface area contributed by atoms with E-state index in [2.05, 4.69) is 32.9 Å². The quantitative estimate of drug-likeness (QED) is 0.807. The molecule has 0 atom stereocenters. The normalized spacial score (nSPS) is 11.5. The van der Waals surface area contributed by atoms with Crippen LogP contribution in [0.25, 0.3) is 6.08 Å². The third-order valence-corrected chi connectivity index (χ3v) is 3.86. The zero-order valence-electron chi connectivity index (χ0n) is 15.2. The molecule has 0 saturated carbocycles. The molecule has 2 aromatic rings. The van der Waals surface area contributed by atoms with Gasteiger partial charge >= 0.3 is 0 Å². The van der Waals surface area contributed by atoms with Crippen molar-refractivity contribution in [1.29, 1.82) is 0 Å². The van der Waals surface area contributed by atoms with Crippen LogP contribution in [0.1, 0.15) is 37.5 Å². The van der Waals surface area contributed by atoms with Crippen molar-refractivity contribution < 1.29 is 14.3 Å². The Morgan fingerprint density at radius 2 is 1.80 bits per heavy atom. The summed E-state index contributed by atoms with van der Waals surface area (Å²) >= 11 is 0. The van der Waals surface area contributed by atoms with Crippen LogP contribution in [0.2, 0.25) is 0 Å². The molecule has 0 aromatic heterocycles. The minimum atomic E-state index is -0.479. The molecule has 2 N–H and O–H groups in total. The van der Waals surface area contributed by atoms with Gasteiger partial charge in [0, 0.05) is 11.6 Å². The average molecular weight is 339 g/mol. The Balaban J connectivity index is 2.13. The van der Waals surface area contributed by atoms with Gasteiger partial charge in [-0.3, -0.25) is 4.79 Å². The summed E-state index contributed by atoms with van der Waals surface area (Å²) in [4.78, 5) is 10.9. The lowest BCUT2D eigenvalue weighted by Crippen LogP contribution is -2.10. The molecular weight excluding hydrogens is 314 g/mol. The standard InChI is InChI=1S/C21H25NO3/c1-21(2,3)17-7-9-18(10-8-17)25-14-16-13-15(6-12-20(22)23)5-11-19(16)24-4/h5-13H,14H2,1-4H3,(H2,22,23)/b12-6-. The summed E-state index contributed by atoms with van der Waals surface area (Å²) in [6.07, 6.45) is 3.00. The maximum Gasteiger partial charge on any atom is 0.241 e. The molecule has 2 aromatic carbocycles. The number of primary amides is 1. The van der Waals surface area contributed by atoms with E-state index in [-0.39, 0.29) is 5.41 Å². The molecule has 1 amide bonds. The van der Waals surface area contributed by atoms with Crippen LogP contribution < -0.4 is 15.2 Å². The number of ether oxygens (including phenoxy) is 2. The maximum atomic E-state index is 10.9. The number of hydrogen-bond acceptors (Lipinski definition) is 3. The number of carbonyl (C=O) groups is 1. The molecule has 0 unspecified atom stereocenters. The van der Waals surface area contributed by atoms with Gasteiger partial charge in [0.2, 0.25) is 5.91 Å². The molecule has 2 rings (SSSR count). The van der Waals surface area contributed by atoms with E-state index in [1.54, 1.807) is 13.2 Å². The van der Waals surface area contributed by atoms with E-state index in [0.29, 0.717) is 6.61 Å². The fourth-order valence-corrected chi connectivity index (χ4v) is 2.41. The topological polar surface area (TPSA) is 61.5 Å². The predicted octanol–water partition coefficient (Wildman–Crippen LogP) is 4.07. The van der Waals surface area contributed by atoms with E-state index in [1.807, 2.05) is 30.3 Å². The Morgan fingerprint density at radius 1 is 1.12 bits per heavy atom. The van der Waals surface area contributed by atoms with Crippen molar-refractivity contribution in [2.75, 3.05) is 7.11 Å². The summed E-state index contributed by atoms with van der Waals surface area (Å²) in [6, 6.07) is 13.7. The van der Waals surface area contributed by atoms with Gasteiger partial charge in [-0.25, -0.2) is 0 Å². The first kappa shape index (κ1) is 18.6. The maximum absolute atomic E-state index is 10.9. The van der Waals surface area contributed by atoms with Crippen LogP contribution in [0.15, 0.2) is 48.5 Å². The average Bonchev–Trinajstić information content (AvgIpc) is 2.57. The van der Waals surface area contributed by atoms with Crippen molar-refractivity contribution in [3.05, 3.63) is 65.2 Å². The van der Waals surface area contributed by atoms with Crippen LogP contribution in [0.3, 0.4) is 0 Å². The first-order chi connectivity index (χ1) is 11.8. The van der Waals surface area contributed by atoms with Crippen molar-refractivity contribution in [2.45, 2.75) is 32.8 Å². The van der Waals surface area contributed by atoms with Gasteiger partial charge in [0.25, 0.3) is 0 Å². The third kappa shape index (κ3) is 5.38. The fraction of sp³-hybridized carbons (Fsp3) is 0.286. The van der Waals surface area contributed by atoms with Gasteiger partial charge in [-0.05, 0) is 46.9 Å². The minimum absolute atomic E-state index is 0.114. The van der Waals surface area contributed by atoms with E-state index >= 15 is 0 Å². The van der Waals surface area contributed by atoms with Crippen LogP contribution in [0.4, 0.5) is 0 Å². The highest BCUT2D eigenvalue weighted by molar-refractivity contribution is 5.90. The molecule has 0 bridgehead atoms. The third-order valence-electron chi connectivity index (χ3n) is 3.86. The van der Waals surface area contributed by atoms with E-state index in [9.17, 15) is 4.79 Å². The lowest BCUT2D eigenvalue weighted by atomic mass is 9.87. The Bertz CT molecular complexity index is 756. The van der Waals surface area contributed by atoms with Gasteiger partial charge in [0.1, 0.15) is 18.1 Å². The lowest BCUT2D eigenvalue weighted by molar-refractivity contribution is -0.113. The summed E-state index contributed by atoms with van der Waals surface area (Å²) in [5.41, 5.74) is 8.27. The predicted molar refractivity (Wildman–Crippen MR) is 101 cm³/mol. The fourth-order valence-electron chi connectivity index (χ4n) is 2.41. The Labute approximate surface area is 149 Å². The van der Waals surface area contributed by atoms with Crippen molar-refractivity contribution >= 4 is 12.0 Å². The van der Waals surface area contributed by atoms with Crippen molar-refractivity contribution in [2.24, 2.45) is 5.73 Å². The largest absolute Gasteiger partial charge is 0.496 e. The summed E-state index contributed by atoms with van der Waals surface area (Å²) in [5.74, 6) is 1.06. The molecule has 0 aliphatic rings. The van der Waals surface area contributed by atoms with Crippen LogP contribution >= 0.6 is 0 Å². The molecule has 4 nitrogen and oxygen atoms in total. The number of nitrogens with two attached hydrogens (primary N) is 1. The number of hydrogen-bond donors (Lipinski definition) is 1. The molecule has 0 saturated heterocycles. The van der Waals surface area contributed by atoms with Gasteiger partial charge in [-0.15, -0.1) is 0 Å². The molecule has 0 heterocycles. The number of rotatable bonds is 6. The molecule has 0 aliphatic carbocycles. The first-order valence-electron chi connectivity index (χ1n) is 8.17. The Morgan fingerprint density at radius 3 is 2.36 bits per heavy atom. The number of methoxy groups -OCH3 is 1. The lowest BCUT2D eigenvalue weighted by Gasteiger charge is -2.19. The van der Waals surface area contributed by atoms with Gasteiger partial charge in [-0.2, -0.15) is 0 Å². The van der Waals surface area contributed by atoms with E-state index in [1.165, 1.54) is 11.6 Å². The number of amides is 1. The SMILES string of the molecule is COc1ccc(/C=C\C(N)=O)cc1COc1ccc(C(C)(C)C)cc1. The molecule has 132 valence electrons. The molecule has 0 fully saturated rings. The summed E-state index contributed by atoms with van der Waals surface area (Å²) < 4.78 is 11.3. The highest BCUT2D eigenvalue weighted by atomic mass is 16.5. The van der Waals surface area contributed by atoms with Crippen LogP contribution in [-0.4, -0.2) is 13.0 Å². The van der Waals surface area contributed by atoms with E-state index in [0.717, 1.165) is 22.6 Å². The van der Waals surface area contributed by atoms with Crippen molar-refractivity contribution in [3.8, 4) is 11.5 Å². The summed E-state index contributed by atoms with van der Waals surface area (Å²) in [6.45, 7) is 6.91. The highest BCUT2D eigenvalue weighted by Crippen LogP contribution is 2.26. The Hall–Kier alpha value is -2.75. The molecule has 0 spiro atoms. The molecule has 25 heavy (non-hydrogen) atoms. The van der Waals surface area contributed by atoms with Gasteiger partial charge in [0.15, 0.2) is 0 Å². The molecular formula is C21H25NO3. The zero-order chi connectivity index (χ0) is 18.4. The van der Waals surface area contributed by atoms with Crippen LogP contribution in [0, 0.1) is 0 Å². The highest BCUT2D eigenvalue weighted by Gasteiger charge is 2.13. The second-order valence-electron chi connectivity index (χ2n) is 6.87. The van der Waals surface area contributed by atoms with E-state index in [4.69, 9.17) is 15.2 Å². The second-order valence-corrected chi connectivity index (χ2v) is 6.87. The molecule has 0 radical (unpaired) electrons. The van der Waals surface area contributed by atoms with Crippen molar-refractivity contribution in [3.63, 3.8) is 0 Å². The number of carbonyl (C=O) groups excluding carboxylic acids is 1. The monoisotopic (exact) mass is 339 g/mol. The second kappa shape index (κ2) is 7.88. The first-order valence-corrected chi connectivity index (χ1v) is 8.17. The molecule has 0 aliphatic heterocycles. The smallest absolute Gasteiger partial charge is 0.241 e. The van der Waals surface area contributed by atoms with Crippen LogP contribution in [-0.2, 0) is 16.8 Å². The minimum Gasteiger partial charge on any atom is -0.496 e. The molecule has 4 heteroatoms. The van der Waals surface area contributed by atoms with Gasteiger partial charge in [0.05, 0.1) is 7.11 Å². The van der Waals surface area contributed by atoms with E-state index < -0.39 is 5.91 Å². The summed E-state index contributed by atoms with van der Waals surface area (Å²) in [5, 5.41) is 0. The van der Waals surface area contributed by atoms with Gasteiger partial charge < -0.3 is 15.2 Å². The Kier molecular flexibility index (Phi) is 5.86. The summed E-state index contributed by atoms with van der Waals surface area (Å²) in [7, 11) is 1.62.